The minimum absolute atomic E-state index is 0.0996. The molecular formula is C23H25F7N4O6. The highest BCUT2D eigenvalue weighted by molar-refractivity contribution is 5.80. The molecule has 3 heterocycles. The standard InChI is InChI=1S/C19H23FN4O2.2C2HF3O2/c1-21-17(25)16-13-24-11-8-22-18(24)19(26-16)6-9-23(10-7-19)12-14-2-4-15(20)5-3-14;2*3-2(4,5)1(6)7/h2-5,8,11,16H,6-7,9-10,12-13H2,1H3,(H,21,25);2*(H,6,7). The number of carbonyl (C=O) groups is 3. The molecule has 3 N–H and O–H groups in total. The summed E-state index contributed by atoms with van der Waals surface area (Å²) in [5, 5.41) is 16.9. The summed E-state index contributed by atoms with van der Waals surface area (Å²) in [7, 11) is 1.63. The molecule has 2 aromatic rings. The fraction of sp³-hybridized carbons (Fsp3) is 0.478. The Morgan fingerprint density at radius 3 is 1.98 bits per heavy atom. The van der Waals surface area contributed by atoms with E-state index in [2.05, 4.69) is 15.2 Å². The highest BCUT2D eigenvalue weighted by atomic mass is 19.4. The molecule has 1 unspecified atom stereocenters. The molecule has 0 saturated carbocycles. The van der Waals surface area contributed by atoms with E-state index in [-0.39, 0.29) is 11.7 Å². The van der Waals surface area contributed by atoms with E-state index in [0.717, 1.165) is 43.9 Å². The van der Waals surface area contributed by atoms with Gasteiger partial charge in [-0.05, 0) is 30.5 Å². The second kappa shape index (κ2) is 13.1. The van der Waals surface area contributed by atoms with Gasteiger partial charge in [0.1, 0.15) is 17.2 Å². The third-order valence-corrected chi connectivity index (χ3v) is 5.86. The second-order valence-electron chi connectivity index (χ2n) is 8.63. The Morgan fingerprint density at radius 1 is 1.02 bits per heavy atom. The van der Waals surface area contributed by atoms with Crippen molar-refractivity contribution in [3.63, 3.8) is 0 Å². The van der Waals surface area contributed by atoms with Crippen LogP contribution in [0.15, 0.2) is 36.7 Å². The highest BCUT2D eigenvalue weighted by Gasteiger charge is 2.47. The Labute approximate surface area is 222 Å². The van der Waals surface area contributed by atoms with Crippen molar-refractivity contribution in [1.29, 1.82) is 0 Å². The minimum atomic E-state index is -5.08. The van der Waals surface area contributed by atoms with Crippen LogP contribution in [0.4, 0.5) is 30.7 Å². The molecule has 40 heavy (non-hydrogen) atoms. The average molecular weight is 586 g/mol. The van der Waals surface area contributed by atoms with E-state index < -0.39 is 36.0 Å². The van der Waals surface area contributed by atoms with E-state index in [9.17, 15) is 35.5 Å². The number of halogens is 7. The van der Waals surface area contributed by atoms with Crippen LogP contribution >= 0.6 is 0 Å². The van der Waals surface area contributed by atoms with Gasteiger partial charge in [-0.3, -0.25) is 9.69 Å². The molecule has 1 aromatic heterocycles. The fourth-order valence-electron chi connectivity index (χ4n) is 3.96. The lowest BCUT2D eigenvalue weighted by molar-refractivity contribution is -0.193. The topological polar surface area (TPSA) is 134 Å². The van der Waals surface area contributed by atoms with Crippen LogP contribution in [0.1, 0.15) is 24.2 Å². The molecule has 0 radical (unpaired) electrons. The van der Waals surface area contributed by atoms with Gasteiger partial charge in [-0.15, -0.1) is 0 Å². The zero-order chi connectivity index (χ0) is 30.3. The minimum Gasteiger partial charge on any atom is -0.475 e. The number of rotatable bonds is 3. The van der Waals surface area contributed by atoms with Gasteiger partial charge in [0.25, 0.3) is 5.91 Å². The molecule has 1 saturated heterocycles. The lowest BCUT2D eigenvalue weighted by atomic mass is 9.88. The summed E-state index contributed by atoms with van der Waals surface area (Å²) in [6.07, 6.45) is -5.42. The summed E-state index contributed by atoms with van der Waals surface area (Å²) in [6.45, 7) is 2.95. The van der Waals surface area contributed by atoms with Crippen LogP contribution < -0.4 is 5.32 Å². The van der Waals surface area contributed by atoms with E-state index in [4.69, 9.17) is 24.5 Å². The number of piperidine rings is 1. The van der Waals surface area contributed by atoms with Crippen molar-refractivity contribution in [2.24, 2.45) is 0 Å². The molecule has 4 rings (SSSR count). The Balaban J connectivity index is 0.000000333. The quantitative estimate of drug-likeness (QED) is 0.468. The van der Waals surface area contributed by atoms with Gasteiger partial charge in [0.15, 0.2) is 6.10 Å². The predicted molar refractivity (Wildman–Crippen MR) is 121 cm³/mol. The number of carboxylic acids is 2. The van der Waals surface area contributed by atoms with Crippen molar-refractivity contribution in [2.75, 3.05) is 20.1 Å². The van der Waals surface area contributed by atoms with Gasteiger partial charge in [-0.25, -0.2) is 19.0 Å². The number of aromatic nitrogens is 2. The van der Waals surface area contributed by atoms with Gasteiger partial charge < -0.3 is 24.8 Å². The van der Waals surface area contributed by atoms with E-state index in [1.54, 1.807) is 13.2 Å². The summed E-state index contributed by atoms with van der Waals surface area (Å²) >= 11 is 0. The maximum absolute atomic E-state index is 13.1. The van der Waals surface area contributed by atoms with Gasteiger partial charge in [0, 0.05) is 39.1 Å². The fourth-order valence-corrected chi connectivity index (χ4v) is 3.96. The molecule has 222 valence electrons. The van der Waals surface area contributed by atoms with Gasteiger partial charge >= 0.3 is 24.3 Å². The zero-order valence-electron chi connectivity index (χ0n) is 20.8. The predicted octanol–water partition coefficient (Wildman–Crippen LogP) is 2.92. The van der Waals surface area contributed by atoms with Crippen molar-refractivity contribution in [3.05, 3.63) is 53.9 Å². The van der Waals surface area contributed by atoms with Crippen LogP contribution in [0.25, 0.3) is 0 Å². The summed E-state index contributed by atoms with van der Waals surface area (Å²) in [5.74, 6) is -4.91. The Morgan fingerprint density at radius 2 is 1.52 bits per heavy atom. The first-order chi connectivity index (χ1) is 18.5. The number of aliphatic carboxylic acids is 2. The molecule has 17 heteroatoms. The Kier molecular flexibility index (Phi) is 10.6. The van der Waals surface area contributed by atoms with E-state index >= 15 is 0 Å². The lowest BCUT2D eigenvalue weighted by Crippen LogP contribution is -2.53. The smallest absolute Gasteiger partial charge is 0.475 e. The molecule has 1 spiro atoms. The van der Waals surface area contributed by atoms with Crippen LogP contribution in [0, 0.1) is 5.82 Å². The Bertz CT molecular complexity index is 1140. The van der Waals surface area contributed by atoms with Crippen molar-refractivity contribution < 1.29 is 60.1 Å². The first kappa shape index (κ1) is 32.5. The van der Waals surface area contributed by atoms with Crippen LogP contribution in [0.2, 0.25) is 0 Å². The summed E-state index contributed by atoms with van der Waals surface area (Å²) in [4.78, 5) is 36.8. The van der Waals surface area contributed by atoms with Gasteiger partial charge in [-0.1, -0.05) is 12.1 Å². The van der Waals surface area contributed by atoms with Crippen molar-refractivity contribution in [3.8, 4) is 0 Å². The number of imidazole rings is 1. The van der Waals surface area contributed by atoms with Gasteiger partial charge in [0.05, 0.1) is 6.54 Å². The number of nitrogens with zero attached hydrogens (tertiary/aromatic N) is 3. The number of amides is 1. The van der Waals surface area contributed by atoms with Gasteiger partial charge in [0.2, 0.25) is 0 Å². The molecule has 1 aromatic carbocycles. The highest BCUT2D eigenvalue weighted by Crippen LogP contribution is 2.40. The number of alkyl halides is 6. The number of likely N-dealkylation sites (tertiary alicyclic amines) is 1. The van der Waals surface area contributed by atoms with Crippen LogP contribution in [-0.2, 0) is 37.8 Å². The number of nitrogens with one attached hydrogen (secondary N) is 1. The summed E-state index contributed by atoms with van der Waals surface area (Å²) in [5.41, 5.74) is 0.578. The molecule has 1 amide bonds. The largest absolute Gasteiger partial charge is 0.490 e. The number of carboxylic acid groups (broad SMARTS) is 2. The number of likely N-dealkylation sites (N-methyl/N-ethyl adjacent to an activating group) is 1. The van der Waals surface area contributed by atoms with Crippen molar-refractivity contribution >= 4 is 17.8 Å². The number of carbonyl (C=O) groups excluding carboxylic acids is 1. The number of hydrogen-bond acceptors (Lipinski definition) is 6. The molecule has 2 aliphatic rings. The number of benzene rings is 1. The van der Waals surface area contributed by atoms with Crippen LogP contribution in [0.3, 0.4) is 0 Å². The van der Waals surface area contributed by atoms with Crippen LogP contribution in [-0.4, -0.2) is 81.1 Å². The first-order valence-corrected chi connectivity index (χ1v) is 11.5. The number of ether oxygens (including phenoxy) is 1. The number of hydrogen-bond donors (Lipinski definition) is 3. The monoisotopic (exact) mass is 586 g/mol. The molecule has 2 aliphatic heterocycles. The van der Waals surface area contributed by atoms with Gasteiger partial charge in [-0.2, -0.15) is 26.3 Å². The molecule has 1 fully saturated rings. The van der Waals surface area contributed by atoms with E-state index in [1.165, 1.54) is 12.1 Å². The third-order valence-electron chi connectivity index (χ3n) is 5.86. The summed E-state index contributed by atoms with van der Waals surface area (Å²) < 4.78 is 84.9. The molecule has 10 nitrogen and oxygen atoms in total. The molecule has 1 atom stereocenters. The second-order valence-corrected chi connectivity index (χ2v) is 8.63. The molecule has 0 bridgehead atoms. The molecule has 0 aliphatic carbocycles. The average Bonchev–Trinajstić information content (AvgIpc) is 3.36. The van der Waals surface area contributed by atoms with E-state index in [0.29, 0.717) is 6.54 Å². The van der Waals surface area contributed by atoms with Crippen LogP contribution in [0.5, 0.6) is 0 Å². The Hall–Kier alpha value is -3.73. The third kappa shape index (κ3) is 8.90. The zero-order valence-corrected chi connectivity index (χ0v) is 20.8. The maximum atomic E-state index is 13.1. The van der Waals surface area contributed by atoms with Crippen molar-refractivity contribution in [2.45, 2.75) is 50.0 Å². The van der Waals surface area contributed by atoms with E-state index in [1.807, 2.05) is 22.9 Å². The van der Waals surface area contributed by atoms with Crippen molar-refractivity contribution in [1.82, 2.24) is 19.8 Å². The number of fused-ring (bicyclic) bond motifs is 2. The SMILES string of the molecule is CNC(=O)C1Cn2ccnc2C2(CCN(Cc3ccc(F)cc3)CC2)O1.O=C(O)C(F)(F)F.O=C(O)C(F)(F)F. The first-order valence-electron chi connectivity index (χ1n) is 11.5. The molecular weight excluding hydrogens is 561 g/mol. The normalized spacial score (nSPS) is 18.4. The maximum Gasteiger partial charge on any atom is 0.490 e. The lowest BCUT2D eigenvalue weighted by Gasteiger charge is -2.45. The summed E-state index contributed by atoms with van der Waals surface area (Å²) in [6, 6.07) is 6.64.